The summed E-state index contributed by atoms with van der Waals surface area (Å²) in [6.07, 6.45) is 0. The van der Waals surface area contributed by atoms with Gasteiger partial charge in [0.05, 0.1) is 7.11 Å². The minimum Gasteiger partial charge on any atom is -0.507 e. The van der Waals surface area contributed by atoms with E-state index in [1.165, 1.54) is 19.2 Å². The molecule has 88 valence electrons. The highest BCUT2D eigenvalue weighted by atomic mass is 35.5. The molecular formula is C13H10ClFO2. The van der Waals surface area contributed by atoms with Gasteiger partial charge in [-0.15, -0.1) is 0 Å². The van der Waals surface area contributed by atoms with Crippen molar-refractivity contribution in [1.82, 2.24) is 0 Å². The van der Waals surface area contributed by atoms with Crippen LogP contribution in [0.5, 0.6) is 11.5 Å². The molecule has 1 N–H and O–H groups in total. The molecule has 2 aromatic rings. The number of hydrogen-bond donors (Lipinski definition) is 1. The van der Waals surface area contributed by atoms with Gasteiger partial charge in [0, 0.05) is 22.2 Å². The van der Waals surface area contributed by atoms with Crippen LogP contribution in [0.4, 0.5) is 4.39 Å². The molecule has 0 heterocycles. The first kappa shape index (κ1) is 11.7. The van der Waals surface area contributed by atoms with Gasteiger partial charge in [0.1, 0.15) is 17.3 Å². The molecule has 0 saturated heterocycles. The first-order valence-corrected chi connectivity index (χ1v) is 5.32. The highest BCUT2D eigenvalue weighted by Crippen LogP contribution is 2.37. The van der Waals surface area contributed by atoms with E-state index in [0.717, 1.165) is 6.07 Å². The van der Waals surface area contributed by atoms with Gasteiger partial charge in [0.25, 0.3) is 0 Å². The summed E-state index contributed by atoms with van der Waals surface area (Å²) in [4.78, 5) is 0. The van der Waals surface area contributed by atoms with Gasteiger partial charge in [-0.25, -0.2) is 4.39 Å². The van der Waals surface area contributed by atoms with Gasteiger partial charge in [-0.3, -0.25) is 0 Å². The van der Waals surface area contributed by atoms with Crippen LogP contribution < -0.4 is 4.74 Å². The summed E-state index contributed by atoms with van der Waals surface area (Å²) >= 11 is 5.90. The van der Waals surface area contributed by atoms with Crippen molar-refractivity contribution in [3.8, 4) is 22.6 Å². The van der Waals surface area contributed by atoms with Crippen LogP contribution in [0.25, 0.3) is 11.1 Å². The van der Waals surface area contributed by atoms with Gasteiger partial charge in [-0.1, -0.05) is 11.6 Å². The fraction of sp³-hybridized carbons (Fsp3) is 0.0769. The minimum absolute atomic E-state index is 0.148. The number of benzene rings is 2. The van der Waals surface area contributed by atoms with E-state index in [-0.39, 0.29) is 5.75 Å². The molecule has 0 aliphatic heterocycles. The zero-order valence-corrected chi connectivity index (χ0v) is 9.83. The SMILES string of the molecule is COc1ccc(Cl)cc1-c1ccc(F)cc1O. The molecule has 2 nitrogen and oxygen atoms in total. The Labute approximate surface area is 103 Å². The third kappa shape index (κ3) is 2.34. The van der Waals surface area contributed by atoms with Crippen molar-refractivity contribution in [2.45, 2.75) is 0 Å². The number of phenols is 1. The van der Waals surface area contributed by atoms with E-state index < -0.39 is 5.82 Å². The third-order valence-corrected chi connectivity index (χ3v) is 2.65. The molecule has 0 bridgehead atoms. The van der Waals surface area contributed by atoms with Crippen molar-refractivity contribution in [3.63, 3.8) is 0 Å². The van der Waals surface area contributed by atoms with Crippen LogP contribution in [0, 0.1) is 5.82 Å². The number of phenolic OH excluding ortho intramolecular Hbond substituents is 1. The molecule has 0 fully saturated rings. The molecule has 2 aromatic carbocycles. The van der Waals surface area contributed by atoms with Gasteiger partial charge in [0.2, 0.25) is 0 Å². The summed E-state index contributed by atoms with van der Waals surface area (Å²) in [5.41, 5.74) is 1.10. The number of hydrogen-bond acceptors (Lipinski definition) is 2. The van der Waals surface area contributed by atoms with Crippen LogP contribution in [0.15, 0.2) is 36.4 Å². The van der Waals surface area contributed by atoms with Crippen molar-refractivity contribution in [3.05, 3.63) is 47.2 Å². The molecule has 4 heteroatoms. The van der Waals surface area contributed by atoms with Crippen molar-refractivity contribution in [2.75, 3.05) is 7.11 Å². The zero-order valence-electron chi connectivity index (χ0n) is 9.08. The van der Waals surface area contributed by atoms with Gasteiger partial charge in [0.15, 0.2) is 0 Å². The molecule has 0 spiro atoms. The monoisotopic (exact) mass is 252 g/mol. The van der Waals surface area contributed by atoms with E-state index in [0.29, 0.717) is 21.9 Å². The number of halogens is 2. The maximum atomic E-state index is 12.9. The molecule has 0 aliphatic rings. The lowest BCUT2D eigenvalue weighted by atomic mass is 10.0. The van der Waals surface area contributed by atoms with Crippen molar-refractivity contribution < 1.29 is 14.2 Å². The second kappa shape index (κ2) is 4.63. The minimum atomic E-state index is -0.493. The van der Waals surface area contributed by atoms with Crippen molar-refractivity contribution in [1.29, 1.82) is 0 Å². The van der Waals surface area contributed by atoms with E-state index in [9.17, 15) is 9.50 Å². The highest BCUT2D eigenvalue weighted by Gasteiger charge is 2.11. The Hall–Kier alpha value is -1.74. The molecule has 0 unspecified atom stereocenters. The summed E-state index contributed by atoms with van der Waals surface area (Å²) in [5, 5.41) is 10.2. The van der Waals surface area contributed by atoms with E-state index in [4.69, 9.17) is 16.3 Å². The molecule has 0 radical (unpaired) electrons. The maximum absolute atomic E-state index is 12.9. The van der Waals surface area contributed by atoms with E-state index in [2.05, 4.69) is 0 Å². The average Bonchev–Trinajstić information content (AvgIpc) is 2.29. The van der Waals surface area contributed by atoms with Gasteiger partial charge >= 0.3 is 0 Å². The molecule has 0 saturated carbocycles. The summed E-state index contributed by atoms with van der Waals surface area (Å²) in [5.74, 6) is -0.0749. The first-order chi connectivity index (χ1) is 8.11. The Morgan fingerprint density at radius 3 is 2.53 bits per heavy atom. The zero-order chi connectivity index (χ0) is 12.4. The van der Waals surface area contributed by atoms with Crippen molar-refractivity contribution >= 4 is 11.6 Å². The Kier molecular flexibility index (Phi) is 3.20. The lowest BCUT2D eigenvalue weighted by molar-refractivity contribution is 0.415. The largest absolute Gasteiger partial charge is 0.507 e. The van der Waals surface area contributed by atoms with Crippen LogP contribution in [0.1, 0.15) is 0 Å². The van der Waals surface area contributed by atoms with Gasteiger partial charge in [-0.2, -0.15) is 0 Å². The molecule has 0 atom stereocenters. The summed E-state index contributed by atoms with van der Waals surface area (Å²) in [6, 6.07) is 8.85. The number of rotatable bonds is 2. The lowest BCUT2D eigenvalue weighted by Gasteiger charge is -2.10. The Morgan fingerprint density at radius 2 is 1.88 bits per heavy atom. The fourth-order valence-electron chi connectivity index (χ4n) is 1.62. The Balaban J connectivity index is 2.62. The van der Waals surface area contributed by atoms with Gasteiger partial charge in [-0.05, 0) is 30.3 Å². The molecule has 0 amide bonds. The number of methoxy groups -OCH3 is 1. The number of ether oxygens (including phenoxy) is 1. The first-order valence-electron chi connectivity index (χ1n) is 4.94. The quantitative estimate of drug-likeness (QED) is 0.879. The van der Waals surface area contributed by atoms with E-state index in [1.807, 2.05) is 0 Å². The molecule has 2 rings (SSSR count). The molecular weight excluding hydrogens is 243 g/mol. The predicted octanol–water partition coefficient (Wildman–Crippen LogP) is 3.86. The summed E-state index contributed by atoms with van der Waals surface area (Å²) < 4.78 is 18.1. The average molecular weight is 253 g/mol. The molecule has 0 aliphatic carbocycles. The predicted molar refractivity (Wildman–Crippen MR) is 65.1 cm³/mol. The van der Waals surface area contributed by atoms with Crippen LogP contribution in [-0.2, 0) is 0 Å². The summed E-state index contributed by atoms with van der Waals surface area (Å²) in [6.45, 7) is 0. The van der Waals surface area contributed by atoms with Crippen LogP contribution in [-0.4, -0.2) is 12.2 Å². The van der Waals surface area contributed by atoms with E-state index in [1.54, 1.807) is 18.2 Å². The van der Waals surface area contributed by atoms with Crippen molar-refractivity contribution in [2.24, 2.45) is 0 Å². The Morgan fingerprint density at radius 1 is 1.12 bits per heavy atom. The summed E-state index contributed by atoms with van der Waals surface area (Å²) in [7, 11) is 1.52. The second-order valence-corrected chi connectivity index (χ2v) is 3.94. The maximum Gasteiger partial charge on any atom is 0.126 e. The third-order valence-electron chi connectivity index (χ3n) is 2.41. The van der Waals surface area contributed by atoms with Crippen LogP contribution in [0.2, 0.25) is 5.02 Å². The molecule has 17 heavy (non-hydrogen) atoms. The topological polar surface area (TPSA) is 29.5 Å². The van der Waals surface area contributed by atoms with Crippen LogP contribution >= 0.6 is 11.6 Å². The highest BCUT2D eigenvalue weighted by molar-refractivity contribution is 6.31. The Bertz CT molecular complexity index is 555. The lowest BCUT2D eigenvalue weighted by Crippen LogP contribution is -1.89. The number of aromatic hydroxyl groups is 1. The standard InChI is InChI=1S/C13H10ClFO2/c1-17-13-5-2-8(14)6-11(13)10-4-3-9(15)7-12(10)16/h2-7,16H,1H3. The molecule has 0 aromatic heterocycles. The fourth-order valence-corrected chi connectivity index (χ4v) is 1.80. The second-order valence-electron chi connectivity index (χ2n) is 3.51. The van der Waals surface area contributed by atoms with Gasteiger partial charge < -0.3 is 9.84 Å². The van der Waals surface area contributed by atoms with E-state index >= 15 is 0 Å². The van der Waals surface area contributed by atoms with Crippen LogP contribution in [0.3, 0.4) is 0 Å². The smallest absolute Gasteiger partial charge is 0.126 e. The normalized spacial score (nSPS) is 10.3.